The molecule has 125 heavy (non-hydrogen) atoms. The van der Waals surface area contributed by atoms with Gasteiger partial charge in [0.15, 0.2) is 21.9 Å². The van der Waals surface area contributed by atoms with Crippen LogP contribution in [-0.4, -0.2) is 125 Å². The molecule has 17 heteroatoms. The molecule has 0 saturated heterocycles. The second-order valence-corrected chi connectivity index (χ2v) is 53.3. The molecule has 14 atom stereocenters. The summed E-state index contributed by atoms with van der Waals surface area (Å²) in [6.07, 6.45) is 50.3. The van der Waals surface area contributed by atoms with E-state index in [1.807, 2.05) is 54.6 Å². The number of halogens is 1. The first-order chi connectivity index (χ1) is 52.5. The van der Waals surface area contributed by atoms with Crippen molar-refractivity contribution in [3.05, 3.63) is 187 Å². The van der Waals surface area contributed by atoms with E-state index < -0.39 is 22.9 Å². The molecule has 5 nitrogen and oxygen atoms in total. The van der Waals surface area contributed by atoms with Crippen molar-refractivity contribution in [2.24, 2.45) is 23.7 Å². The van der Waals surface area contributed by atoms with Crippen LogP contribution in [0.2, 0.25) is 0 Å². The van der Waals surface area contributed by atoms with Gasteiger partial charge in [-0.3, -0.25) is 0 Å². The monoisotopic (exact) mass is 2030 g/mol. The van der Waals surface area contributed by atoms with Gasteiger partial charge in [0, 0.05) is 42.9 Å². The summed E-state index contributed by atoms with van der Waals surface area (Å²) in [5, 5.41) is 6.54. The molecule has 10 unspecified atom stereocenters. The van der Waals surface area contributed by atoms with E-state index in [2.05, 4.69) is 261 Å². The molecule has 0 bridgehead atoms. The minimum atomic E-state index is -1.28. The van der Waals surface area contributed by atoms with Gasteiger partial charge in [-0.25, -0.2) is 0 Å². The quantitative estimate of drug-likeness (QED) is 0.0635. The fourth-order valence-corrected chi connectivity index (χ4v) is 33.3. The van der Waals surface area contributed by atoms with Gasteiger partial charge in [0.1, 0.15) is 0 Å². The summed E-state index contributed by atoms with van der Waals surface area (Å²) in [5.74, 6) is 2.92. The first-order valence-electron chi connectivity index (χ1n) is 45.1. The van der Waals surface area contributed by atoms with Crippen molar-refractivity contribution in [1.29, 1.82) is 0 Å². The van der Waals surface area contributed by atoms with Crippen LogP contribution in [0.3, 0.4) is 0 Å². The molecular formula is C108H205ClFe4LiN3O2P6+2. The summed E-state index contributed by atoms with van der Waals surface area (Å²) in [6.45, 7) is 44.0. The molecule has 0 radical (unpaired) electrons. The fraction of sp³-hybridized carbons (Fsp3) is 0.694. The summed E-state index contributed by atoms with van der Waals surface area (Å²) in [5.41, 5.74) is 2.07. The van der Waals surface area contributed by atoms with E-state index in [4.69, 9.17) is 11.2 Å². The number of rotatable bonds is 16. The van der Waals surface area contributed by atoms with Crippen molar-refractivity contribution >= 4 is 80.4 Å². The van der Waals surface area contributed by atoms with Crippen LogP contribution in [0, 0.1) is 89.5 Å². The third-order valence-corrected chi connectivity index (χ3v) is 37.9. The van der Waals surface area contributed by atoms with Crippen LogP contribution in [0.15, 0.2) is 121 Å². The van der Waals surface area contributed by atoms with Crippen molar-refractivity contribution in [3.8, 4) is 0 Å². The van der Waals surface area contributed by atoms with Gasteiger partial charge in [0.25, 0.3) is 0 Å². The fourth-order valence-electron chi connectivity index (χ4n) is 18.1. The van der Waals surface area contributed by atoms with Crippen molar-refractivity contribution in [2.75, 3.05) is 49.0 Å². The zero-order valence-electron chi connectivity index (χ0n) is 87.3. The van der Waals surface area contributed by atoms with Gasteiger partial charge in [-0.2, -0.15) is 13.3 Å². The van der Waals surface area contributed by atoms with Crippen LogP contribution in [0.5, 0.6) is 0 Å². The number of hydrogen-bond acceptors (Lipinski definition) is 5. The minimum Gasteiger partial charge on any atom is -0.358 e. The van der Waals surface area contributed by atoms with E-state index in [0.717, 1.165) is 58.5 Å². The first kappa shape index (κ1) is 155. The maximum atomic E-state index is 13.2. The number of hydrogen-bond donors (Lipinski definition) is 0. The zero-order chi connectivity index (χ0) is 83.0. The van der Waals surface area contributed by atoms with E-state index in [0.29, 0.717) is 67.2 Å². The van der Waals surface area contributed by atoms with E-state index in [1.54, 1.807) is 0 Å². The third kappa shape index (κ3) is 68.3. The average Bonchev–Trinajstić information content (AvgIpc) is 1.76. The minimum absolute atomic E-state index is 0. The van der Waals surface area contributed by atoms with E-state index in [-0.39, 0.29) is 162 Å². The molecule has 12 rings (SSSR count). The van der Waals surface area contributed by atoms with E-state index in [9.17, 15) is 9.13 Å². The predicted octanol–water partition coefficient (Wildman–Crippen LogP) is 31.8. The topological polar surface area (TPSA) is 43.9 Å². The van der Waals surface area contributed by atoms with Gasteiger partial charge in [-0.1, -0.05) is 386 Å². The number of nitrogens with zero attached hydrogens (tertiary/aromatic N) is 3. The van der Waals surface area contributed by atoms with E-state index in [1.165, 1.54) is 216 Å². The van der Waals surface area contributed by atoms with Crippen LogP contribution < -0.4 is 40.1 Å². The molecule has 8 aliphatic carbocycles. The van der Waals surface area contributed by atoms with Gasteiger partial charge in [-0.05, 0) is 207 Å². The van der Waals surface area contributed by atoms with Crippen LogP contribution in [-0.2, 0) is 77.4 Å². The molecule has 8 fully saturated rings. The van der Waals surface area contributed by atoms with Crippen molar-refractivity contribution < 1.29 is 96.3 Å². The van der Waals surface area contributed by atoms with Crippen molar-refractivity contribution in [1.82, 2.24) is 14.7 Å². The summed E-state index contributed by atoms with van der Waals surface area (Å²) in [4.78, 5) is 6.95. The Hall–Kier alpha value is 1.65. The van der Waals surface area contributed by atoms with Crippen LogP contribution in [0.4, 0.5) is 0 Å². The van der Waals surface area contributed by atoms with Gasteiger partial charge >= 0.3 is 103 Å². The first-order valence-corrected chi connectivity index (χ1v) is 54.0. The SMILES string of the molecule is C.C1CCCC1.C1CCCC1.C1CCCC1.C1CCCC1.CC(C)(C)PC(C)(C)C.CPc1ccccc1.C[C@H](C1CCCC1)N(C)C.C[C@H](C1CCCC1P(Cl)c1ccccc1)N(C)C.C[C@H](C1CCCC1[P+](=O)c1ccccc1)N(C)C.C[C@H](C1CCCC1[P+](=O)c1ccccc1)P(C(C)(C)C)C(C)(C)C.C[CH-]CC.[CH3-].[CH3-].[CH3-].[CH3-].[CH3-].[CH3-].[CH3-].[CH3-].[Fe+2].[Fe+2].[Fe+2].[Fe+2].[Li+]. The Morgan fingerprint density at radius 1 is 0.400 bits per heavy atom. The zero-order valence-corrected chi connectivity index (χ0v) is 98.0. The molecular weight excluding hydrogens is 1820 g/mol. The Bertz CT molecular complexity index is 2810. The van der Waals surface area contributed by atoms with Gasteiger partial charge in [0.2, 0.25) is 0 Å². The molecule has 4 aromatic rings. The van der Waals surface area contributed by atoms with Crippen LogP contribution >= 0.6 is 59.2 Å². The Morgan fingerprint density at radius 2 is 0.664 bits per heavy atom. The average molecular weight is 2030 g/mol. The van der Waals surface area contributed by atoms with Gasteiger partial charge < -0.3 is 80.5 Å². The maximum absolute atomic E-state index is 13.2. The number of benzene rings is 4. The molecule has 8 aliphatic rings. The molecule has 0 aromatic heterocycles. The summed E-state index contributed by atoms with van der Waals surface area (Å²) >= 11 is 6.80. The Balaban J connectivity index is -0.000000104. The number of unbranched alkanes of at least 4 members (excludes halogenated alkanes) is 1. The van der Waals surface area contributed by atoms with Gasteiger partial charge in [0.05, 0.1) is 0 Å². The van der Waals surface area contributed by atoms with Crippen LogP contribution in [0.25, 0.3) is 0 Å². The second-order valence-electron chi connectivity index (χ2n) is 38.2. The molecule has 8 saturated carbocycles. The van der Waals surface area contributed by atoms with Crippen molar-refractivity contribution in [3.63, 3.8) is 0 Å². The van der Waals surface area contributed by atoms with Gasteiger partial charge in [-0.15, -0.1) is 8.58 Å². The largest absolute Gasteiger partial charge is 2.00 e. The third-order valence-electron chi connectivity index (χ3n) is 24.0. The Kier molecular flexibility index (Phi) is 109. The molecule has 0 heterocycles. The summed E-state index contributed by atoms with van der Waals surface area (Å²) < 4.78 is 26.0. The molecule has 732 valence electrons. The normalized spacial score (nSPS) is 20.1. The smallest absolute Gasteiger partial charge is 0.358 e. The molecule has 0 amide bonds. The molecule has 4 aromatic carbocycles. The molecule has 0 aliphatic heterocycles. The Morgan fingerprint density at radius 3 is 0.928 bits per heavy atom. The standard InChI is InChI=1S/C21H35OP2.C15H23ClNP.C15H23NOP.C9H19N.C8H19P.C7H9P.4C5H10.C4H9.CH4.8CH3.4Fe.Li/c1-16(24(20(2,3)4)21(5,6)7)18-14-11-15-19(18)23(22)17-12-9-8-10-13-17;1-12(17(2)3)14-10-7-11-15(14)18(16)13-8-5-4-6-9-13;1-12(16(2)3)14-10-7-11-15(14)18(17)13-8-5-4-6-9-13;1-8(10(2)3)9-6-4-5-7-9;1-7(2,3)9-8(4,5)6;1-8-7-5-3-2-4-6-7;4*1-2-4-5-3-1;1-3-4-2;;;;;;;;;;;;;;/h8-10,12-13,16,18-19H,11,14-15H2,1-7H3;2*4-6,8-9,12,14-15H,7,10-11H2,1-3H3;8-9H,4-7H2,1-3H3;9H,1-6H3;2-6,8H,1H3;4*1-5H2;3H,4H2,1-2H3;1H4;8*1H3;;;;;/q+1;;+1;;;;;;;;-1;;8*-1;4*+2;+1/t16-,18?,19?;12-,14?,15?,18?;12-,14?,15?;8-;;;;;;;;;;;;;;;;;;;;;/m1111...................../s1. The van der Waals surface area contributed by atoms with Crippen LogP contribution in [0.1, 0.15) is 350 Å². The maximum Gasteiger partial charge on any atom is 2.00 e. The molecule has 0 spiro atoms. The summed E-state index contributed by atoms with van der Waals surface area (Å²) in [6, 6.07) is 43.2. The predicted molar refractivity (Wildman–Crippen MR) is 576 cm³/mol. The molecule has 0 N–H and O–H groups in total. The van der Waals surface area contributed by atoms with E-state index >= 15 is 0 Å². The summed E-state index contributed by atoms with van der Waals surface area (Å²) in [7, 11) is 11.7. The second kappa shape index (κ2) is 88.3. The van der Waals surface area contributed by atoms with Crippen molar-refractivity contribution in [2.45, 2.75) is 412 Å². The Labute approximate surface area is 855 Å².